The van der Waals surface area contributed by atoms with Gasteiger partial charge in [0, 0.05) is 26.2 Å². The summed E-state index contributed by atoms with van der Waals surface area (Å²) in [7, 11) is 0. The van der Waals surface area contributed by atoms with Crippen LogP contribution in [0.2, 0.25) is 0 Å². The molecular weight excluding hydrogens is 235 g/mol. The highest BCUT2D eigenvalue weighted by molar-refractivity contribution is 5.89. The van der Waals surface area contributed by atoms with Gasteiger partial charge in [-0.2, -0.15) is 13.2 Å². The van der Waals surface area contributed by atoms with Crippen molar-refractivity contribution >= 4 is 5.91 Å². The van der Waals surface area contributed by atoms with Gasteiger partial charge in [-0.3, -0.25) is 9.69 Å². The standard InChI is InChI=1S/C10H16F3N3O/c11-10(12,13)7-15-3-5-16(6-4-15)8(17)9(14)1-2-9/h1-7,14H2. The Labute approximate surface area is 97.5 Å². The summed E-state index contributed by atoms with van der Waals surface area (Å²) >= 11 is 0. The van der Waals surface area contributed by atoms with Crippen molar-refractivity contribution in [3.8, 4) is 0 Å². The van der Waals surface area contributed by atoms with Crippen LogP contribution in [0.25, 0.3) is 0 Å². The van der Waals surface area contributed by atoms with Gasteiger partial charge in [0.15, 0.2) is 0 Å². The number of hydrogen-bond donors (Lipinski definition) is 1. The molecule has 0 spiro atoms. The molecule has 2 aliphatic rings. The Bertz CT molecular complexity index is 306. The molecule has 0 aromatic heterocycles. The van der Waals surface area contributed by atoms with E-state index in [0.717, 1.165) is 0 Å². The molecule has 0 unspecified atom stereocenters. The average Bonchev–Trinajstić information content (AvgIpc) is 2.96. The molecule has 1 amide bonds. The van der Waals surface area contributed by atoms with Crippen LogP contribution in [0, 0.1) is 0 Å². The van der Waals surface area contributed by atoms with Crippen LogP contribution < -0.4 is 5.73 Å². The topological polar surface area (TPSA) is 49.6 Å². The molecule has 17 heavy (non-hydrogen) atoms. The molecule has 2 rings (SSSR count). The first-order chi connectivity index (χ1) is 7.80. The van der Waals surface area contributed by atoms with Crippen LogP contribution >= 0.6 is 0 Å². The Morgan fingerprint density at radius 3 is 2.12 bits per heavy atom. The van der Waals surface area contributed by atoms with Crippen molar-refractivity contribution in [2.75, 3.05) is 32.7 Å². The summed E-state index contributed by atoms with van der Waals surface area (Å²) in [6.07, 6.45) is -2.79. The first-order valence-electron chi connectivity index (χ1n) is 5.68. The number of carbonyl (C=O) groups is 1. The lowest BCUT2D eigenvalue weighted by Gasteiger charge is -2.36. The number of alkyl halides is 3. The molecule has 0 aromatic carbocycles. The minimum Gasteiger partial charge on any atom is -0.339 e. The number of amides is 1. The lowest BCUT2D eigenvalue weighted by atomic mass is 10.2. The van der Waals surface area contributed by atoms with Gasteiger partial charge in [0.2, 0.25) is 5.91 Å². The molecule has 4 nitrogen and oxygen atoms in total. The number of carbonyl (C=O) groups excluding carboxylic acids is 1. The molecule has 2 fully saturated rings. The van der Waals surface area contributed by atoms with E-state index in [1.165, 1.54) is 4.90 Å². The predicted molar refractivity (Wildman–Crippen MR) is 55.2 cm³/mol. The average molecular weight is 251 g/mol. The number of piperazine rings is 1. The predicted octanol–water partition coefficient (Wildman–Crippen LogP) is 0.184. The van der Waals surface area contributed by atoms with Gasteiger partial charge in [-0.1, -0.05) is 0 Å². The molecule has 0 radical (unpaired) electrons. The van der Waals surface area contributed by atoms with Gasteiger partial charge in [0.1, 0.15) is 0 Å². The van der Waals surface area contributed by atoms with E-state index in [-0.39, 0.29) is 19.0 Å². The number of nitrogens with zero attached hydrogens (tertiary/aromatic N) is 2. The van der Waals surface area contributed by atoms with Crippen molar-refractivity contribution in [1.29, 1.82) is 0 Å². The lowest BCUT2D eigenvalue weighted by molar-refractivity contribution is -0.152. The zero-order valence-electron chi connectivity index (χ0n) is 9.46. The largest absolute Gasteiger partial charge is 0.401 e. The summed E-state index contributed by atoms with van der Waals surface area (Å²) in [5, 5.41) is 0. The van der Waals surface area contributed by atoms with E-state index in [4.69, 9.17) is 5.73 Å². The smallest absolute Gasteiger partial charge is 0.339 e. The monoisotopic (exact) mass is 251 g/mol. The molecule has 1 heterocycles. The van der Waals surface area contributed by atoms with Gasteiger partial charge in [-0.15, -0.1) is 0 Å². The van der Waals surface area contributed by atoms with E-state index in [1.807, 2.05) is 0 Å². The maximum Gasteiger partial charge on any atom is 0.401 e. The number of halogens is 3. The third kappa shape index (κ3) is 3.10. The second-order valence-corrected chi connectivity index (χ2v) is 4.84. The molecule has 0 bridgehead atoms. The first-order valence-corrected chi connectivity index (χ1v) is 5.68. The number of rotatable bonds is 2. The Balaban J connectivity index is 1.80. The molecule has 1 saturated carbocycles. The maximum atomic E-state index is 12.2. The second kappa shape index (κ2) is 4.13. The van der Waals surface area contributed by atoms with Crippen molar-refractivity contribution < 1.29 is 18.0 Å². The number of hydrogen-bond acceptors (Lipinski definition) is 3. The Hall–Kier alpha value is -0.820. The van der Waals surface area contributed by atoms with Crippen molar-refractivity contribution in [2.45, 2.75) is 24.6 Å². The van der Waals surface area contributed by atoms with E-state index in [1.54, 1.807) is 4.90 Å². The van der Waals surface area contributed by atoms with E-state index in [0.29, 0.717) is 25.9 Å². The lowest BCUT2D eigenvalue weighted by Crippen LogP contribution is -2.55. The van der Waals surface area contributed by atoms with E-state index in [2.05, 4.69) is 0 Å². The Morgan fingerprint density at radius 2 is 1.71 bits per heavy atom. The van der Waals surface area contributed by atoms with Gasteiger partial charge in [-0.05, 0) is 12.8 Å². The van der Waals surface area contributed by atoms with Crippen molar-refractivity contribution in [1.82, 2.24) is 9.80 Å². The van der Waals surface area contributed by atoms with Crippen molar-refractivity contribution in [2.24, 2.45) is 5.73 Å². The summed E-state index contributed by atoms with van der Waals surface area (Å²) < 4.78 is 36.5. The third-order valence-electron chi connectivity index (χ3n) is 3.28. The van der Waals surface area contributed by atoms with Crippen molar-refractivity contribution in [3.05, 3.63) is 0 Å². The molecule has 1 saturated heterocycles. The van der Waals surface area contributed by atoms with Gasteiger partial charge in [0.05, 0.1) is 12.1 Å². The summed E-state index contributed by atoms with van der Waals surface area (Å²) in [5.74, 6) is -0.107. The molecule has 7 heteroatoms. The van der Waals surface area contributed by atoms with Crippen LogP contribution in [0.3, 0.4) is 0 Å². The maximum absolute atomic E-state index is 12.2. The normalized spacial score (nSPS) is 24.8. The zero-order valence-corrected chi connectivity index (χ0v) is 9.46. The molecule has 0 aromatic rings. The van der Waals surface area contributed by atoms with E-state index >= 15 is 0 Å². The fraction of sp³-hybridized carbons (Fsp3) is 0.900. The number of nitrogens with two attached hydrogens (primary N) is 1. The van der Waals surface area contributed by atoms with E-state index in [9.17, 15) is 18.0 Å². The Kier molecular flexibility index (Phi) is 3.07. The van der Waals surface area contributed by atoms with Crippen LogP contribution in [0.4, 0.5) is 13.2 Å². The Morgan fingerprint density at radius 1 is 1.18 bits per heavy atom. The third-order valence-corrected chi connectivity index (χ3v) is 3.28. The van der Waals surface area contributed by atoms with Gasteiger partial charge >= 0.3 is 6.18 Å². The fourth-order valence-electron chi connectivity index (χ4n) is 2.03. The van der Waals surface area contributed by atoms with E-state index < -0.39 is 18.3 Å². The highest BCUT2D eigenvalue weighted by Crippen LogP contribution is 2.34. The molecule has 2 N–H and O–H groups in total. The highest BCUT2D eigenvalue weighted by Gasteiger charge is 2.48. The van der Waals surface area contributed by atoms with Crippen molar-refractivity contribution in [3.63, 3.8) is 0 Å². The molecule has 0 atom stereocenters. The molecule has 1 aliphatic heterocycles. The van der Waals surface area contributed by atoms with Gasteiger partial charge < -0.3 is 10.6 Å². The summed E-state index contributed by atoms with van der Waals surface area (Å²) in [4.78, 5) is 14.7. The van der Waals surface area contributed by atoms with Crippen LogP contribution in [0.5, 0.6) is 0 Å². The highest BCUT2D eigenvalue weighted by atomic mass is 19.4. The fourth-order valence-corrected chi connectivity index (χ4v) is 2.03. The van der Waals surface area contributed by atoms with Crippen LogP contribution in [-0.2, 0) is 4.79 Å². The minimum atomic E-state index is -4.17. The molecular formula is C10H16F3N3O. The minimum absolute atomic E-state index is 0.107. The summed E-state index contributed by atoms with van der Waals surface area (Å²) in [6.45, 7) is 0.313. The first kappa shape index (κ1) is 12.6. The molecule has 1 aliphatic carbocycles. The zero-order chi connectivity index (χ0) is 12.7. The van der Waals surface area contributed by atoms with Crippen LogP contribution in [-0.4, -0.2) is 60.1 Å². The van der Waals surface area contributed by atoms with Crippen LogP contribution in [0.1, 0.15) is 12.8 Å². The SMILES string of the molecule is NC1(C(=O)N2CCN(CC(F)(F)F)CC2)CC1. The second-order valence-electron chi connectivity index (χ2n) is 4.84. The summed E-state index contributed by atoms with van der Waals surface area (Å²) in [5.41, 5.74) is 5.06. The summed E-state index contributed by atoms with van der Waals surface area (Å²) in [6, 6.07) is 0. The molecule has 98 valence electrons. The quantitative estimate of drug-likeness (QED) is 0.762. The van der Waals surface area contributed by atoms with Gasteiger partial charge in [0.25, 0.3) is 0 Å². The van der Waals surface area contributed by atoms with Gasteiger partial charge in [-0.25, -0.2) is 0 Å². The van der Waals surface area contributed by atoms with Crippen LogP contribution in [0.15, 0.2) is 0 Å².